The Kier molecular flexibility index (Phi) is 4.06. The maximum Gasteiger partial charge on any atom is 0.148 e. The number of benzene rings is 2. The van der Waals surface area contributed by atoms with Crippen LogP contribution in [0.4, 0.5) is 5.69 Å². The quantitative estimate of drug-likeness (QED) is 0.571. The zero-order valence-electron chi connectivity index (χ0n) is 13.5. The first-order valence-electron chi connectivity index (χ1n) is 7.62. The summed E-state index contributed by atoms with van der Waals surface area (Å²) in [6, 6.07) is 13.8. The zero-order valence-corrected chi connectivity index (χ0v) is 13.5. The third-order valence-corrected chi connectivity index (χ3v) is 3.71. The molecule has 0 saturated carbocycles. The Hall–Kier alpha value is -2.75. The van der Waals surface area contributed by atoms with E-state index < -0.39 is 0 Å². The third kappa shape index (κ3) is 3.21. The summed E-state index contributed by atoms with van der Waals surface area (Å²) >= 11 is 0. The molecule has 23 heavy (non-hydrogen) atoms. The summed E-state index contributed by atoms with van der Waals surface area (Å²) in [6.45, 7) is 9.16. The number of anilines is 1. The maximum absolute atomic E-state index is 6.05. The monoisotopic (exact) mass is 307 g/mol. The van der Waals surface area contributed by atoms with Crippen LogP contribution in [-0.2, 0) is 13.2 Å². The van der Waals surface area contributed by atoms with Crippen molar-refractivity contribution in [1.29, 1.82) is 0 Å². The number of rotatable bonds is 5. The molecular formula is C19H21N3O. The summed E-state index contributed by atoms with van der Waals surface area (Å²) in [6.07, 6.45) is 0. The van der Waals surface area contributed by atoms with Crippen LogP contribution in [0, 0.1) is 6.92 Å². The van der Waals surface area contributed by atoms with Gasteiger partial charge in [0.15, 0.2) is 0 Å². The zero-order chi connectivity index (χ0) is 16.4. The predicted molar refractivity (Wildman–Crippen MR) is 94.5 cm³/mol. The Balaban J connectivity index is 1.93. The minimum atomic E-state index is 0.393. The number of aryl methyl sites for hydroxylation is 1. The molecule has 0 spiro atoms. The highest BCUT2D eigenvalue weighted by Gasteiger charge is 2.13. The van der Waals surface area contributed by atoms with Gasteiger partial charge in [0, 0.05) is 6.54 Å². The lowest BCUT2D eigenvalue weighted by atomic mass is 10.2. The van der Waals surface area contributed by atoms with E-state index in [2.05, 4.69) is 23.1 Å². The van der Waals surface area contributed by atoms with E-state index in [1.165, 1.54) is 5.56 Å². The smallest absolute Gasteiger partial charge is 0.148 e. The lowest BCUT2D eigenvalue weighted by Crippen LogP contribution is -2.08. The number of fused-ring (bicyclic) bond motifs is 1. The lowest BCUT2D eigenvalue weighted by molar-refractivity contribution is 0.291. The van der Waals surface area contributed by atoms with Gasteiger partial charge in [-0.2, -0.15) is 0 Å². The third-order valence-electron chi connectivity index (χ3n) is 3.71. The van der Waals surface area contributed by atoms with E-state index in [0.717, 1.165) is 28.2 Å². The number of para-hydroxylation sites is 1. The normalized spacial score (nSPS) is 10.9. The van der Waals surface area contributed by atoms with Crippen molar-refractivity contribution in [3.05, 3.63) is 66.0 Å². The molecule has 4 heteroatoms. The molecule has 0 atom stereocenters. The fourth-order valence-electron chi connectivity index (χ4n) is 2.56. The maximum atomic E-state index is 6.05. The topological polar surface area (TPSA) is 53.1 Å². The molecule has 1 aromatic heterocycles. The molecule has 0 bridgehead atoms. The van der Waals surface area contributed by atoms with Gasteiger partial charge in [-0.3, -0.25) is 0 Å². The van der Waals surface area contributed by atoms with Gasteiger partial charge in [0.25, 0.3) is 0 Å². The Morgan fingerprint density at radius 3 is 2.65 bits per heavy atom. The molecule has 0 amide bonds. The number of hydrogen-bond acceptors (Lipinski definition) is 3. The number of allylic oxidation sites excluding steroid dienone is 1. The summed E-state index contributed by atoms with van der Waals surface area (Å²) in [5, 5.41) is 0. The van der Waals surface area contributed by atoms with Gasteiger partial charge in [-0.1, -0.05) is 35.9 Å². The number of ether oxygens (including phenoxy) is 1. The number of hydrogen-bond donors (Lipinski definition) is 1. The Morgan fingerprint density at radius 2 is 1.96 bits per heavy atom. The molecule has 0 saturated heterocycles. The summed E-state index contributed by atoms with van der Waals surface area (Å²) in [4.78, 5) is 4.67. The van der Waals surface area contributed by atoms with Crippen molar-refractivity contribution in [3.63, 3.8) is 0 Å². The Labute approximate surface area is 136 Å². The molecule has 0 aliphatic heterocycles. The van der Waals surface area contributed by atoms with Crippen molar-refractivity contribution < 1.29 is 4.74 Å². The van der Waals surface area contributed by atoms with Gasteiger partial charge in [-0.15, -0.1) is 0 Å². The van der Waals surface area contributed by atoms with Gasteiger partial charge < -0.3 is 15.0 Å². The number of aromatic nitrogens is 2. The van der Waals surface area contributed by atoms with E-state index in [1.54, 1.807) is 0 Å². The molecule has 2 N–H and O–H groups in total. The van der Waals surface area contributed by atoms with Gasteiger partial charge in [-0.05, 0) is 38.1 Å². The second-order valence-electron chi connectivity index (χ2n) is 5.89. The van der Waals surface area contributed by atoms with Crippen LogP contribution in [-0.4, -0.2) is 9.55 Å². The van der Waals surface area contributed by atoms with Crippen LogP contribution in [0.5, 0.6) is 5.75 Å². The minimum absolute atomic E-state index is 0.393. The highest BCUT2D eigenvalue weighted by molar-refractivity contribution is 5.87. The van der Waals surface area contributed by atoms with Gasteiger partial charge in [-0.25, -0.2) is 4.98 Å². The van der Waals surface area contributed by atoms with Crippen LogP contribution in [0.1, 0.15) is 18.3 Å². The van der Waals surface area contributed by atoms with Crippen molar-refractivity contribution in [2.75, 3.05) is 5.73 Å². The van der Waals surface area contributed by atoms with Crippen LogP contribution < -0.4 is 10.5 Å². The standard InChI is InChI=1S/C19H21N3O/c1-13(2)11-22-17-6-4-5-16(20)19(17)21-18(22)12-23-15-9-7-14(3)8-10-15/h4-10H,1,11-12,20H2,2-3H3. The van der Waals surface area contributed by atoms with E-state index in [-0.39, 0.29) is 0 Å². The van der Waals surface area contributed by atoms with Crippen LogP contribution in [0.25, 0.3) is 11.0 Å². The highest BCUT2D eigenvalue weighted by Crippen LogP contribution is 2.23. The number of nitrogen functional groups attached to an aromatic ring is 1. The van der Waals surface area contributed by atoms with E-state index in [1.807, 2.05) is 49.4 Å². The second kappa shape index (κ2) is 6.16. The average Bonchev–Trinajstić information content (AvgIpc) is 2.86. The summed E-state index contributed by atoms with van der Waals surface area (Å²) in [5.74, 6) is 1.68. The summed E-state index contributed by atoms with van der Waals surface area (Å²) < 4.78 is 8.00. The van der Waals surface area contributed by atoms with Crippen molar-refractivity contribution in [2.24, 2.45) is 0 Å². The minimum Gasteiger partial charge on any atom is -0.486 e. The van der Waals surface area contributed by atoms with Crippen molar-refractivity contribution >= 4 is 16.7 Å². The fourth-order valence-corrected chi connectivity index (χ4v) is 2.56. The van der Waals surface area contributed by atoms with E-state index >= 15 is 0 Å². The first-order valence-corrected chi connectivity index (χ1v) is 7.62. The van der Waals surface area contributed by atoms with E-state index in [9.17, 15) is 0 Å². The molecule has 1 heterocycles. The van der Waals surface area contributed by atoms with E-state index in [4.69, 9.17) is 10.5 Å². The molecule has 0 fully saturated rings. The molecule has 3 aromatic rings. The summed E-state index contributed by atoms with van der Waals surface area (Å²) in [5.41, 5.74) is 10.8. The Bertz CT molecular complexity index is 847. The molecule has 118 valence electrons. The van der Waals surface area contributed by atoms with Gasteiger partial charge >= 0.3 is 0 Å². The molecule has 3 rings (SSSR count). The van der Waals surface area contributed by atoms with E-state index in [0.29, 0.717) is 18.8 Å². The van der Waals surface area contributed by atoms with Gasteiger partial charge in [0.05, 0.1) is 11.2 Å². The van der Waals surface area contributed by atoms with Crippen LogP contribution in [0.3, 0.4) is 0 Å². The molecular weight excluding hydrogens is 286 g/mol. The van der Waals surface area contributed by atoms with Gasteiger partial charge in [0.2, 0.25) is 0 Å². The molecule has 0 aliphatic rings. The molecule has 0 aliphatic carbocycles. The number of imidazole rings is 1. The average molecular weight is 307 g/mol. The first kappa shape index (κ1) is 15.2. The number of nitrogens with zero attached hydrogens (tertiary/aromatic N) is 2. The number of nitrogens with two attached hydrogens (primary N) is 1. The predicted octanol–water partition coefficient (Wildman–Crippen LogP) is 4.08. The lowest BCUT2D eigenvalue weighted by Gasteiger charge is -2.10. The van der Waals surface area contributed by atoms with Gasteiger partial charge in [0.1, 0.15) is 23.7 Å². The largest absolute Gasteiger partial charge is 0.486 e. The SMILES string of the molecule is C=C(C)Cn1c(COc2ccc(C)cc2)nc2c(N)cccc21. The fraction of sp³-hybridized carbons (Fsp3) is 0.211. The highest BCUT2D eigenvalue weighted by atomic mass is 16.5. The van der Waals surface area contributed by atoms with Crippen molar-refractivity contribution in [1.82, 2.24) is 9.55 Å². The second-order valence-corrected chi connectivity index (χ2v) is 5.89. The summed E-state index contributed by atoms with van der Waals surface area (Å²) in [7, 11) is 0. The van der Waals surface area contributed by atoms with Crippen molar-refractivity contribution in [3.8, 4) is 5.75 Å². The first-order chi connectivity index (χ1) is 11.0. The molecule has 0 unspecified atom stereocenters. The van der Waals surface area contributed by atoms with Crippen LogP contribution in [0.15, 0.2) is 54.6 Å². The van der Waals surface area contributed by atoms with Crippen molar-refractivity contribution in [2.45, 2.75) is 27.0 Å². The van der Waals surface area contributed by atoms with Crippen LogP contribution in [0.2, 0.25) is 0 Å². The molecule has 0 radical (unpaired) electrons. The molecule has 4 nitrogen and oxygen atoms in total. The Morgan fingerprint density at radius 1 is 1.22 bits per heavy atom. The molecule has 2 aromatic carbocycles. The van der Waals surface area contributed by atoms with Crippen LogP contribution >= 0.6 is 0 Å².